The van der Waals surface area contributed by atoms with Crippen molar-refractivity contribution >= 4 is 17.2 Å². The first-order valence-corrected chi connectivity index (χ1v) is 6.81. The van der Waals surface area contributed by atoms with Crippen molar-refractivity contribution in [3.05, 3.63) is 78.4 Å². The molecule has 3 nitrogen and oxygen atoms in total. The van der Waals surface area contributed by atoms with Crippen LogP contribution in [0.5, 0.6) is 0 Å². The average Bonchev–Trinajstić information content (AvgIpc) is 2.55. The normalized spacial score (nSPS) is 17.0. The van der Waals surface area contributed by atoms with E-state index in [2.05, 4.69) is 11.6 Å². The lowest BCUT2D eigenvalue weighted by molar-refractivity contribution is 0.0688. The summed E-state index contributed by atoms with van der Waals surface area (Å²) in [4.78, 5) is 17.3. The quantitative estimate of drug-likeness (QED) is 0.801. The maximum atomic E-state index is 12.7. The van der Waals surface area contributed by atoms with Crippen molar-refractivity contribution in [3.8, 4) is 0 Å². The summed E-state index contributed by atoms with van der Waals surface area (Å²) in [5, 5.41) is 0. The zero-order valence-corrected chi connectivity index (χ0v) is 11.5. The Morgan fingerprint density at radius 2 is 1.81 bits per heavy atom. The SMILES string of the molecule is C=CCOC1C(=O)c2ccccc2N=C1c1ccccc1. The molecule has 0 saturated heterocycles. The molecule has 1 atom stereocenters. The molecule has 3 rings (SSSR count). The largest absolute Gasteiger partial charge is 0.360 e. The smallest absolute Gasteiger partial charge is 0.199 e. The van der Waals surface area contributed by atoms with Gasteiger partial charge in [-0.2, -0.15) is 0 Å². The lowest BCUT2D eigenvalue weighted by Gasteiger charge is -2.23. The van der Waals surface area contributed by atoms with E-state index in [-0.39, 0.29) is 5.78 Å². The van der Waals surface area contributed by atoms with Gasteiger partial charge in [0.25, 0.3) is 0 Å². The standard InChI is InChI=1S/C18H15NO2/c1-2-12-21-18-16(13-8-4-3-5-9-13)19-15-11-7-6-10-14(15)17(18)20/h2-11,18H,1,12H2. The molecule has 21 heavy (non-hydrogen) atoms. The highest BCUT2D eigenvalue weighted by Crippen LogP contribution is 2.29. The van der Waals surface area contributed by atoms with Crippen LogP contribution in [0.15, 0.2) is 72.2 Å². The number of ether oxygens (including phenoxy) is 1. The summed E-state index contributed by atoms with van der Waals surface area (Å²) in [5.41, 5.74) is 2.85. The molecule has 0 spiro atoms. The Kier molecular flexibility index (Phi) is 3.75. The summed E-state index contributed by atoms with van der Waals surface area (Å²) >= 11 is 0. The molecule has 2 aromatic carbocycles. The van der Waals surface area contributed by atoms with E-state index >= 15 is 0 Å². The van der Waals surface area contributed by atoms with E-state index in [1.54, 1.807) is 12.1 Å². The van der Waals surface area contributed by atoms with Crippen LogP contribution in [0.2, 0.25) is 0 Å². The van der Waals surface area contributed by atoms with Gasteiger partial charge in [-0.05, 0) is 17.7 Å². The van der Waals surface area contributed by atoms with Crippen molar-refractivity contribution in [1.82, 2.24) is 0 Å². The van der Waals surface area contributed by atoms with Gasteiger partial charge >= 0.3 is 0 Å². The Morgan fingerprint density at radius 3 is 2.57 bits per heavy atom. The Bertz CT molecular complexity index is 704. The monoisotopic (exact) mass is 277 g/mol. The maximum Gasteiger partial charge on any atom is 0.199 e. The van der Waals surface area contributed by atoms with Crippen LogP contribution in [0.1, 0.15) is 15.9 Å². The minimum Gasteiger partial charge on any atom is -0.360 e. The fourth-order valence-corrected chi connectivity index (χ4v) is 2.38. The molecule has 0 fully saturated rings. The van der Waals surface area contributed by atoms with E-state index in [1.807, 2.05) is 48.5 Å². The van der Waals surface area contributed by atoms with Crippen LogP contribution in [0.3, 0.4) is 0 Å². The van der Waals surface area contributed by atoms with E-state index in [9.17, 15) is 4.79 Å². The summed E-state index contributed by atoms with van der Waals surface area (Å²) < 4.78 is 5.67. The zero-order chi connectivity index (χ0) is 14.7. The van der Waals surface area contributed by atoms with Crippen LogP contribution < -0.4 is 0 Å². The first-order chi connectivity index (χ1) is 10.3. The number of ketones is 1. The number of Topliss-reactive ketones (excluding diaryl/α,β-unsaturated/α-hetero) is 1. The molecular weight excluding hydrogens is 262 g/mol. The fourth-order valence-electron chi connectivity index (χ4n) is 2.38. The van der Waals surface area contributed by atoms with Crippen LogP contribution in [0.25, 0.3) is 0 Å². The number of para-hydroxylation sites is 1. The molecule has 1 aliphatic heterocycles. The molecule has 3 heteroatoms. The number of rotatable bonds is 4. The maximum absolute atomic E-state index is 12.7. The highest BCUT2D eigenvalue weighted by Gasteiger charge is 2.32. The van der Waals surface area contributed by atoms with Crippen molar-refractivity contribution in [2.24, 2.45) is 4.99 Å². The molecule has 104 valence electrons. The second-order valence-corrected chi connectivity index (χ2v) is 4.75. The van der Waals surface area contributed by atoms with E-state index in [1.165, 1.54) is 0 Å². The van der Waals surface area contributed by atoms with Crippen molar-refractivity contribution in [2.75, 3.05) is 6.61 Å². The number of hydrogen-bond acceptors (Lipinski definition) is 3. The molecule has 0 amide bonds. The van der Waals surface area contributed by atoms with Crippen molar-refractivity contribution in [2.45, 2.75) is 6.10 Å². The predicted molar refractivity (Wildman–Crippen MR) is 83.3 cm³/mol. The Balaban J connectivity index is 2.10. The molecule has 0 aromatic heterocycles. The van der Waals surface area contributed by atoms with Gasteiger partial charge in [0.1, 0.15) is 0 Å². The molecule has 1 unspecified atom stereocenters. The second kappa shape index (κ2) is 5.85. The zero-order valence-electron chi connectivity index (χ0n) is 11.5. The number of carbonyl (C=O) groups is 1. The molecule has 0 aliphatic carbocycles. The van der Waals surface area contributed by atoms with Crippen LogP contribution >= 0.6 is 0 Å². The third-order valence-electron chi connectivity index (χ3n) is 3.35. The van der Waals surface area contributed by atoms with Crippen molar-refractivity contribution in [3.63, 3.8) is 0 Å². The van der Waals surface area contributed by atoms with Crippen LogP contribution in [0, 0.1) is 0 Å². The highest BCUT2D eigenvalue weighted by atomic mass is 16.5. The lowest BCUT2D eigenvalue weighted by Crippen LogP contribution is -2.36. The second-order valence-electron chi connectivity index (χ2n) is 4.75. The molecular formula is C18H15NO2. The molecule has 1 aliphatic rings. The minimum absolute atomic E-state index is 0.0543. The van der Waals surface area contributed by atoms with Gasteiger partial charge in [-0.25, -0.2) is 4.99 Å². The number of aliphatic imine (C=N–C) groups is 1. The summed E-state index contributed by atoms with van der Waals surface area (Å²) in [6.07, 6.45) is 0.955. The van der Waals surface area contributed by atoms with Crippen molar-refractivity contribution in [1.29, 1.82) is 0 Å². The van der Waals surface area contributed by atoms with Crippen LogP contribution in [0.4, 0.5) is 5.69 Å². The lowest BCUT2D eigenvalue weighted by atomic mass is 9.93. The van der Waals surface area contributed by atoms with E-state index in [0.717, 1.165) is 5.56 Å². The molecule has 1 heterocycles. The average molecular weight is 277 g/mol. The van der Waals surface area contributed by atoms with Gasteiger partial charge in [0.15, 0.2) is 11.9 Å². The van der Waals surface area contributed by atoms with Gasteiger partial charge in [0, 0.05) is 5.56 Å². The first kappa shape index (κ1) is 13.5. The number of hydrogen-bond donors (Lipinski definition) is 0. The molecule has 0 saturated carbocycles. The van der Waals surface area contributed by atoms with Crippen molar-refractivity contribution < 1.29 is 9.53 Å². The number of carbonyl (C=O) groups excluding carboxylic acids is 1. The highest BCUT2D eigenvalue weighted by molar-refractivity contribution is 6.25. The summed E-state index contributed by atoms with van der Waals surface area (Å²) in [6, 6.07) is 17.0. The summed E-state index contributed by atoms with van der Waals surface area (Å²) in [5.74, 6) is -0.0543. The van der Waals surface area contributed by atoms with Gasteiger partial charge in [0.2, 0.25) is 0 Å². The van der Waals surface area contributed by atoms with Crippen LogP contribution in [-0.4, -0.2) is 24.2 Å². The third-order valence-corrected chi connectivity index (χ3v) is 3.35. The van der Waals surface area contributed by atoms with Crippen LogP contribution in [-0.2, 0) is 4.74 Å². The predicted octanol–water partition coefficient (Wildman–Crippen LogP) is 3.57. The number of benzene rings is 2. The van der Waals surface area contributed by atoms with Gasteiger partial charge in [-0.1, -0.05) is 48.5 Å². The molecule has 0 bridgehead atoms. The van der Waals surface area contributed by atoms with E-state index < -0.39 is 6.10 Å². The minimum atomic E-state index is -0.680. The van der Waals surface area contributed by atoms with E-state index in [0.29, 0.717) is 23.6 Å². The van der Waals surface area contributed by atoms with Gasteiger partial charge in [0.05, 0.1) is 18.0 Å². The van der Waals surface area contributed by atoms with Gasteiger partial charge < -0.3 is 4.74 Å². The number of fused-ring (bicyclic) bond motifs is 1. The topological polar surface area (TPSA) is 38.7 Å². The Labute approximate surface area is 123 Å². The third kappa shape index (κ3) is 2.56. The number of nitrogens with zero attached hydrogens (tertiary/aromatic N) is 1. The van der Waals surface area contributed by atoms with E-state index in [4.69, 9.17) is 4.74 Å². The Hall–Kier alpha value is -2.52. The molecule has 0 N–H and O–H groups in total. The molecule has 2 aromatic rings. The molecule has 0 radical (unpaired) electrons. The first-order valence-electron chi connectivity index (χ1n) is 6.81. The van der Waals surface area contributed by atoms with Gasteiger partial charge in [-0.15, -0.1) is 6.58 Å². The fraction of sp³-hybridized carbons (Fsp3) is 0.111. The van der Waals surface area contributed by atoms with Gasteiger partial charge in [-0.3, -0.25) is 4.79 Å². The summed E-state index contributed by atoms with van der Waals surface area (Å²) in [7, 11) is 0. The summed E-state index contributed by atoms with van der Waals surface area (Å²) in [6.45, 7) is 3.95. The Morgan fingerprint density at radius 1 is 1.10 bits per heavy atom.